The zero-order valence-corrected chi connectivity index (χ0v) is 26.8. The van der Waals surface area contributed by atoms with Gasteiger partial charge in [-0.15, -0.1) is 0 Å². The third-order valence-corrected chi connectivity index (χ3v) is 12.4. The molecule has 0 bridgehead atoms. The molecule has 39 heavy (non-hydrogen) atoms. The van der Waals surface area contributed by atoms with Crippen LogP contribution in [0.1, 0.15) is 75.1 Å². The van der Waals surface area contributed by atoms with Gasteiger partial charge in [0.15, 0.2) is 16.6 Å². The molecule has 216 valence electrons. The van der Waals surface area contributed by atoms with Gasteiger partial charge in [-0.25, -0.2) is 4.79 Å². The highest BCUT2D eigenvalue weighted by molar-refractivity contribution is 6.84. The third kappa shape index (κ3) is 15.1. The Morgan fingerprint density at radius 3 is 1.59 bits per heavy atom. The molecule has 2 rings (SSSR count). The van der Waals surface area contributed by atoms with E-state index in [2.05, 4.69) is 32.7 Å². The number of benzene rings is 2. The molecule has 0 heterocycles. The fraction of sp³-hybridized carbons (Fsp3) is 0.548. The molecule has 2 aromatic carbocycles. The fourth-order valence-corrected chi connectivity index (χ4v) is 12.7. The maximum absolute atomic E-state index is 12.4. The van der Waals surface area contributed by atoms with Crippen LogP contribution in [0.2, 0.25) is 38.8 Å². The molecule has 2 aromatic rings. The Morgan fingerprint density at radius 2 is 1.08 bits per heavy atom. The maximum atomic E-state index is 12.4. The average molecular weight is 573 g/mol. The number of hydrogen-bond acceptors (Lipinski definition) is 6. The molecular formula is C31H48O6Si2. The van der Waals surface area contributed by atoms with Crippen molar-refractivity contribution in [2.75, 3.05) is 6.61 Å². The SMILES string of the molecule is CC(=O)Oc1ccc(OC(=O)c2ccc(OCCCCCCCCCCC[Si](C)(C)O[Si](C)(C)C)cc2)cc1. The zero-order valence-electron chi connectivity index (χ0n) is 24.8. The van der Waals surface area contributed by atoms with E-state index in [1.807, 2.05) is 0 Å². The molecular weight excluding hydrogens is 525 g/mol. The molecule has 6 nitrogen and oxygen atoms in total. The largest absolute Gasteiger partial charge is 0.494 e. The number of hydrogen-bond donors (Lipinski definition) is 0. The second-order valence-corrected chi connectivity index (χ2v) is 20.8. The molecule has 0 radical (unpaired) electrons. The number of esters is 2. The smallest absolute Gasteiger partial charge is 0.343 e. The lowest BCUT2D eigenvalue weighted by atomic mass is 10.1. The van der Waals surface area contributed by atoms with Crippen molar-refractivity contribution < 1.29 is 27.9 Å². The first-order valence-electron chi connectivity index (χ1n) is 14.4. The summed E-state index contributed by atoms with van der Waals surface area (Å²) in [5, 5.41) is 0. The molecule has 0 aromatic heterocycles. The van der Waals surface area contributed by atoms with E-state index in [9.17, 15) is 9.59 Å². The van der Waals surface area contributed by atoms with Crippen LogP contribution in [0.25, 0.3) is 0 Å². The van der Waals surface area contributed by atoms with E-state index in [0.717, 1.165) is 12.2 Å². The summed E-state index contributed by atoms with van der Waals surface area (Å²) in [6.07, 6.45) is 11.4. The normalized spacial score (nSPS) is 11.7. The Kier molecular flexibility index (Phi) is 14.0. The van der Waals surface area contributed by atoms with Gasteiger partial charge in [-0.3, -0.25) is 4.79 Å². The highest BCUT2D eigenvalue weighted by Gasteiger charge is 2.28. The highest BCUT2D eigenvalue weighted by atomic mass is 28.4. The number of rotatable bonds is 18. The van der Waals surface area contributed by atoms with Gasteiger partial charge in [0.1, 0.15) is 17.2 Å². The van der Waals surface area contributed by atoms with Crippen LogP contribution in [0.3, 0.4) is 0 Å². The van der Waals surface area contributed by atoms with Crippen LogP contribution in [-0.2, 0) is 8.91 Å². The van der Waals surface area contributed by atoms with Crippen LogP contribution in [0.4, 0.5) is 0 Å². The Hall–Kier alpha value is -2.43. The van der Waals surface area contributed by atoms with Crippen LogP contribution >= 0.6 is 0 Å². The van der Waals surface area contributed by atoms with Crippen molar-refractivity contribution in [3.05, 3.63) is 54.1 Å². The minimum atomic E-state index is -1.47. The predicted molar refractivity (Wildman–Crippen MR) is 163 cm³/mol. The molecule has 0 N–H and O–H groups in total. The van der Waals surface area contributed by atoms with Crippen molar-refractivity contribution in [1.82, 2.24) is 0 Å². The minimum Gasteiger partial charge on any atom is -0.494 e. The first-order chi connectivity index (χ1) is 18.4. The van der Waals surface area contributed by atoms with Gasteiger partial charge in [-0.05, 0) is 93.7 Å². The molecule has 0 spiro atoms. The zero-order chi connectivity index (χ0) is 28.7. The summed E-state index contributed by atoms with van der Waals surface area (Å²) < 4.78 is 22.6. The van der Waals surface area contributed by atoms with Gasteiger partial charge in [0, 0.05) is 6.92 Å². The summed E-state index contributed by atoms with van der Waals surface area (Å²) in [6, 6.07) is 14.6. The van der Waals surface area contributed by atoms with E-state index in [1.54, 1.807) is 48.5 Å². The van der Waals surface area contributed by atoms with Gasteiger partial charge in [0.05, 0.1) is 12.2 Å². The Bertz CT molecular complexity index is 997. The Balaban J connectivity index is 1.51. The van der Waals surface area contributed by atoms with Crippen molar-refractivity contribution in [3.8, 4) is 17.2 Å². The molecule has 0 atom stereocenters. The Morgan fingerprint density at radius 1 is 0.615 bits per heavy atom. The first-order valence-corrected chi connectivity index (χ1v) is 20.9. The van der Waals surface area contributed by atoms with E-state index in [4.69, 9.17) is 18.3 Å². The van der Waals surface area contributed by atoms with E-state index in [0.29, 0.717) is 23.7 Å². The third-order valence-electron chi connectivity index (χ3n) is 6.16. The van der Waals surface area contributed by atoms with E-state index < -0.39 is 28.6 Å². The van der Waals surface area contributed by atoms with Crippen LogP contribution in [0.15, 0.2) is 48.5 Å². The summed E-state index contributed by atoms with van der Waals surface area (Å²) in [7, 11) is -2.88. The minimum absolute atomic E-state index is 0.379. The summed E-state index contributed by atoms with van der Waals surface area (Å²) in [5.74, 6) is 0.676. The molecule has 0 saturated heterocycles. The fourth-order valence-electron chi connectivity index (χ4n) is 4.56. The highest BCUT2D eigenvalue weighted by Crippen LogP contribution is 2.22. The number of carbonyl (C=O) groups excluding carboxylic acids is 2. The average Bonchev–Trinajstić information content (AvgIpc) is 2.84. The van der Waals surface area contributed by atoms with Gasteiger partial charge in [-0.2, -0.15) is 0 Å². The molecule has 0 saturated carbocycles. The standard InChI is InChI=1S/C31H48O6Si2/c1-26(32)35-29-20-22-30(23-21-29)36-31(33)27-16-18-28(19-17-27)34-24-14-12-10-8-7-9-11-13-15-25-39(5,6)37-38(2,3)4/h16-23H,7-15,24-25H2,1-6H3. The van der Waals surface area contributed by atoms with Crippen LogP contribution < -0.4 is 14.2 Å². The Labute approximate surface area is 237 Å². The van der Waals surface area contributed by atoms with Crippen molar-refractivity contribution in [2.45, 2.75) is 103 Å². The van der Waals surface area contributed by atoms with Gasteiger partial charge >= 0.3 is 11.9 Å². The van der Waals surface area contributed by atoms with Crippen LogP contribution in [0.5, 0.6) is 17.2 Å². The molecule has 0 amide bonds. The van der Waals surface area contributed by atoms with Gasteiger partial charge in [0.25, 0.3) is 0 Å². The molecule has 0 unspecified atom stereocenters. The topological polar surface area (TPSA) is 71.1 Å². The number of carbonyl (C=O) groups is 2. The van der Waals surface area contributed by atoms with Crippen molar-refractivity contribution in [1.29, 1.82) is 0 Å². The lowest BCUT2D eigenvalue weighted by molar-refractivity contribution is -0.131. The quantitative estimate of drug-likeness (QED) is 0.0769. The lowest BCUT2D eigenvalue weighted by Gasteiger charge is -2.31. The van der Waals surface area contributed by atoms with E-state index >= 15 is 0 Å². The van der Waals surface area contributed by atoms with Gasteiger partial charge < -0.3 is 18.3 Å². The number of unbranched alkanes of at least 4 members (excludes halogenated alkanes) is 8. The van der Waals surface area contributed by atoms with Crippen LogP contribution in [-0.4, -0.2) is 35.2 Å². The van der Waals surface area contributed by atoms with E-state index in [-0.39, 0.29) is 0 Å². The number of ether oxygens (including phenoxy) is 3. The summed E-state index contributed by atoms with van der Waals surface area (Å²) in [6.45, 7) is 13.6. The summed E-state index contributed by atoms with van der Waals surface area (Å²) in [4.78, 5) is 23.4. The molecule has 0 aliphatic heterocycles. The maximum Gasteiger partial charge on any atom is 0.343 e. The first kappa shape index (κ1) is 32.8. The van der Waals surface area contributed by atoms with Gasteiger partial charge in [0.2, 0.25) is 0 Å². The van der Waals surface area contributed by atoms with Gasteiger partial charge in [-0.1, -0.05) is 51.4 Å². The van der Waals surface area contributed by atoms with Crippen molar-refractivity contribution >= 4 is 28.6 Å². The summed E-state index contributed by atoms with van der Waals surface area (Å²) in [5.41, 5.74) is 0.442. The second-order valence-electron chi connectivity index (χ2n) is 11.7. The molecule has 0 aliphatic carbocycles. The van der Waals surface area contributed by atoms with Crippen molar-refractivity contribution in [2.24, 2.45) is 0 Å². The molecule has 0 aliphatic rings. The van der Waals surface area contributed by atoms with E-state index in [1.165, 1.54) is 64.3 Å². The van der Waals surface area contributed by atoms with Crippen LogP contribution in [0, 0.1) is 0 Å². The second kappa shape index (κ2) is 16.6. The summed E-state index contributed by atoms with van der Waals surface area (Å²) >= 11 is 0. The monoisotopic (exact) mass is 572 g/mol. The van der Waals surface area contributed by atoms with Crippen molar-refractivity contribution in [3.63, 3.8) is 0 Å². The predicted octanol–water partition coefficient (Wildman–Crippen LogP) is 8.78. The molecule has 0 fully saturated rings. The lowest BCUT2D eigenvalue weighted by Crippen LogP contribution is -2.42. The molecule has 8 heteroatoms.